The second-order valence-corrected chi connectivity index (χ2v) is 4.86. The van der Waals surface area contributed by atoms with E-state index in [9.17, 15) is 0 Å². The summed E-state index contributed by atoms with van der Waals surface area (Å²) in [6.07, 6.45) is 2.78. The molecule has 2 N–H and O–H groups in total. The highest BCUT2D eigenvalue weighted by atomic mass is 16.5. The normalized spacial score (nSPS) is 10.9. The SMILES string of the molecule is CCCOc1cccc(-c2ncn(C(C)C)c2N)c1. The van der Waals surface area contributed by atoms with Crippen molar-refractivity contribution in [2.45, 2.75) is 33.2 Å². The Balaban J connectivity index is 2.31. The number of benzene rings is 1. The lowest BCUT2D eigenvalue weighted by atomic mass is 10.1. The van der Waals surface area contributed by atoms with Crippen molar-refractivity contribution in [3.8, 4) is 17.0 Å². The van der Waals surface area contributed by atoms with Crippen LogP contribution in [0.2, 0.25) is 0 Å². The molecular weight excluding hydrogens is 238 g/mol. The minimum Gasteiger partial charge on any atom is -0.494 e. The van der Waals surface area contributed by atoms with E-state index >= 15 is 0 Å². The van der Waals surface area contributed by atoms with E-state index in [2.05, 4.69) is 25.8 Å². The molecule has 0 aliphatic heterocycles. The van der Waals surface area contributed by atoms with Crippen LogP contribution in [0.25, 0.3) is 11.3 Å². The van der Waals surface area contributed by atoms with Gasteiger partial charge in [-0.25, -0.2) is 4.98 Å². The first-order chi connectivity index (χ1) is 9.13. The number of hydrogen-bond acceptors (Lipinski definition) is 3. The molecule has 2 aromatic rings. The maximum Gasteiger partial charge on any atom is 0.131 e. The third-order valence-electron chi connectivity index (χ3n) is 2.97. The van der Waals surface area contributed by atoms with Crippen LogP contribution < -0.4 is 10.5 Å². The number of nitrogen functional groups attached to an aromatic ring is 1. The molecule has 0 fully saturated rings. The zero-order valence-corrected chi connectivity index (χ0v) is 11.8. The maximum atomic E-state index is 6.15. The van der Waals surface area contributed by atoms with E-state index < -0.39 is 0 Å². The van der Waals surface area contributed by atoms with Gasteiger partial charge in [0.15, 0.2) is 0 Å². The van der Waals surface area contributed by atoms with Gasteiger partial charge < -0.3 is 15.0 Å². The molecule has 0 radical (unpaired) electrons. The summed E-state index contributed by atoms with van der Waals surface area (Å²) in [7, 11) is 0. The van der Waals surface area contributed by atoms with Crippen LogP contribution in [0, 0.1) is 0 Å². The van der Waals surface area contributed by atoms with Gasteiger partial charge in [-0.3, -0.25) is 0 Å². The molecule has 1 aromatic carbocycles. The lowest BCUT2D eigenvalue weighted by Crippen LogP contribution is -2.04. The van der Waals surface area contributed by atoms with E-state index in [-0.39, 0.29) is 0 Å². The Hall–Kier alpha value is -1.97. The van der Waals surface area contributed by atoms with Gasteiger partial charge in [0.1, 0.15) is 17.3 Å². The largest absolute Gasteiger partial charge is 0.494 e. The molecule has 4 heteroatoms. The number of ether oxygens (including phenoxy) is 1. The number of hydrogen-bond donors (Lipinski definition) is 1. The molecule has 0 saturated heterocycles. The zero-order valence-electron chi connectivity index (χ0n) is 11.8. The van der Waals surface area contributed by atoms with Crippen molar-refractivity contribution < 1.29 is 4.74 Å². The highest BCUT2D eigenvalue weighted by Gasteiger charge is 2.12. The molecule has 0 amide bonds. The third kappa shape index (κ3) is 2.89. The van der Waals surface area contributed by atoms with Crippen molar-refractivity contribution in [3.05, 3.63) is 30.6 Å². The lowest BCUT2D eigenvalue weighted by Gasteiger charge is -2.10. The molecule has 0 spiro atoms. The fourth-order valence-electron chi connectivity index (χ4n) is 1.96. The number of imidazole rings is 1. The van der Waals surface area contributed by atoms with Gasteiger partial charge in [0.05, 0.1) is 12.9 Å². The van der Waals surface area contributed by atoms with Gasteiger partial charge in [-0.1, -0.05) is 19.1 Å². The molecule has 0 atom stereocenters. The van der Waals surface area contributed by atoms with Gasteiger partial charge in [0.2, 0.25) is 0 Å². The number of anilines is 1. The highest BCUT2D eigenvalue weighted by molar-refractivity contribution is 5.71. The molecule has 102 valence electrons. The third-order valence-corrected chi connectivity index (χ3v) is 2.97. The Labute approximate surface area is 114 Å². The molecular formula is C15H21N3O. The monoisotopic (exact) mass is 259 g/mol. The van der Waals surface area contributed by atoms with Gasteiger partial charge in [-0.15, -0.1) is 0 Å². The first-order valence-electron chi connectivity index (χ1n) is 6.69. The summed E-state index contributed by atoms with van der Waals surface area (Å²) < 4.78 is 7.60. The Kier molecular flexibility index (Phi) is 4.10. The van der Waals surface area contributed by atoms with Crippen molar-refractivity contribution >= 4 is 5.82 Å². The molecule has 0 aliphatic carbocycles. The molecule has 1 heterocycles. The van der Waals surface area contributed by atoms with Crippen LogP contribution in [0.15, 0.2) is 30.6 Å². The molecule has 0 aliphatic rings. The Morgan fingerprint density at radius 3 is 2.79 bits per heavy atom. The minimum atomic E-state index is 0.306. The summed E-state index contributed by atoms with van der Waals surface area (Å²) in [6.45, 7) is 6.98. The first kappa shape index (κ1) is 13.5. The smallest absolute Gasteiger partial charge is 0.131 e. The topological polar surface area (TPSA) is 53.1 Å². The molecule has 0 bridgehead atoms. The predicted molar refractivity (Wildman–Crippen MR) is 78.2 cm³/mol. The van der Waals surface area contributed by atoms with Gasteiger partial charge in [0, 0.05) is 11.6 Å². The van der Waals surface area contributed by atoms with Gasteiger partial charge in [0.25, 0.3) is 0 Å². The van der Waals surface area contributed by atoms with E-state index in [1.54, 1.807) is 6.33 Å². The van der Waals surface area contributed by atoms with E-state index in [1.165, 1.54) is 0 Å². The minimum absolute atomic E-state index is 0.306. The van der Waals surface area contributed by atoms with E-state index in [4.69, 9.17) is 10.5 Å². The summed E-state index contributed by atoms with van der Waals surface area (Å²) in [6, 6.07) is 8.21. The van der Waals surface area contributed by atoms with Crippen molar-refractivity contribution in [1.29, 1.82) is 0 Å². The van der Waals surface area contributed by atoms with Crippen LogP contribution in [0.1, 0.15) is 33.2 Å². The highest BCUT2D eigenvalue weighted by Crippen LogP contribution is 2.28. The Morgan fingerprint density at radius 1 is 1.37 bits per heavy atom. The predicted octanol–water partition coefficient (Wildman–Crippen LogP) is 3.50. The van der Waals surface area contributed by atoms with Gasteiger partial charge in [-0.05, 0) is 32.4 Å². The fraction of sp³-hybridized carbons (Fsp3) is 0.400. The van der Waals surface area contributed by atoms with E-state index in [1.807, 2.05) is 28.8 Å². The van der Waals surface area contributed by atoms with Crippen LogP contribution in [0.5, 0.6) is 5.75 Å². The van der Waals surface area contributed by atoms with Crippen molar-refractivity contribution in [1.82, 2.24) is 9.55 Å². The fourth-order valence-corrected chi connectivity index (χ4v) is 1.96. The maximum absolute atomic E-state index is 6.15. The molecule has 1 aromatic heterocycles. The van der Waals surface area contributed by atoms with Crippen molar-refractivity contribution in [3.63, 3.8) is 0 Å². The number of nitrogens with two attached hydrogens (primary N) is 1. The summed E-state index contributed by atoms with van der Waals surface area (Å²) in [5.74, 6) is 1.56. The second kappa shape index (κ2) is 5.78. The summed E-state index contributed by atoms with van der Waals surface area (Å²) in [5, 5.41) is 0. The zero-order chi connectivity index (χ0) is 13.8. The lowest BCUT2D eigenvalue weighted by molar-refractivity contribution is 0.317. The van der Waals surface area contributed by atoms with E-state index in [0.29, 0.717) is 11.9 Å². The number of aromatic nitrogens is 2. The quantitative estimate of drug-likeness (QED) is 0.894. The van der Waals surface area contributed by atoms with Crippen molar-refractivity contribution in [2.24, 2.45) is 0 Å². The summed E-state index contributed by atoms with van der Waals surface area (Å²) in [5.41, 5.74) is 7.95. The average Bonchev–Trinajstić information content (AvgIpc) is 2.78. The summed E-state index contributed by atoms with van der Waals surface area (Å²) in [4.78, 5) is 4.41. The molecule has 19 heavy (non-hydrogen) atoms. The Morgan fingerprint density at radius 2 is 2.16 bits per heavy atom. The molecule has 0 saturated carbocycles. The van der Waals surface area contributed by atoms with Crippen LogP contribution in [0.3, 0.4) is 0 Å². The van der Waals surface area contributed by atoms with Crippen LogP contribution in [0.4, 0.5) is 5.82 Å². The Bertz CT molecular complexity index is 546. The first-order valence-corrected chi connectivity index (χ1v) is 6.69. The molecule has 0 unspecified atom stereocenters. The summed E-state index contributed by atoms with van der Waals surface area (Å²) >= 11 is 0. The number of nitrogens with zero attached hydrogens (tertiary/aromatic N) is 2. The standard InChI is InChI=1S/C15H21N3O/c1-4-8-19-13-7-5-6-12(9-13)14-15(16)18(10-17-14)11(2)3/h5-7,9-11H,4,8,16H2,1-3H3. The van der Waals surface area contributed by atoms with Crippen molar-refractivity contribution in [2.75, 3.05) is 12.3 Å². The van der Waals surface area contributed by atoms with Gasteiger partial charge >= 0.3 is 0 Å². The van der Waals surface area contributed by atoms with Crippen LogP contribution in [-0.4, -0.2) is 16.2 Å². The van der Waals surface area contributed by atoms with Gasteiger partial charge in [-0.2, -0.15) is 0 Å². The second-order valence-electron chi connectivity index (χ2n) is 4.86. The molecule has 4 nitrogen and oxygen atoms in total. The van der Waals surface area contributed by atoms with Crippen LogP contribution >= 0.6 is 0 Å². The molecule has 2 rings (SSSR count). The average molecular weight is 259 g/mol. The number of rotatable bonds is 5. The van der Waals surface area contributed by atoms with E-state index in [0.717, 1.165) is 30.0 Å². The van der Waals surface area contributed by atoms with Crippen LogP contribution in [-0.2, 0) is 0 Å².